The van der Waals surface area contributed by atoms with Crippen LogP contribution in [-0.4, -0.2) is 208 Å². The van der Waals surface area contributed by atoms with Gasteiger partial charge in [-0.3, -0.25) is 28.8 Å². The lowest BCUT2D eigenvalue weighted by molar-refractivity contribution is -0.345. The molecule has 119 heavy (non-hydrogen) atoms. The van der Waals surface area contributed by atoms with Crippen LogP contribution in [0.4, 0.5) is 0 Å². The summed E-state index contributed by atoms with van der Waals surface area (Å²) in [5.74, 6) is -11.5. The molecule has 8 aliphatic rings. The van der Waals surface area contributed by atoms with Gasteiger partial charge in [0.25, 0.3) is 11.8 Å². The van der Waals surface area contributed by atoms with E-state index in [0.29, 0.717) is 39.0 Å². The minimum atomic E-state index is -2.19. The number of carboxylic acids is 1. The minimum Gasteiger partial charge on any atom is -0.479 e. The summed E-state index contributed by atoms with van der Waals surface area (Å²) >= 11 is 0. The van der Waals surface area contributed by atoms with Crippen molar-refractivity contribution in [1.82, 2.24) is 10.6 Å². The fourth-order valence-corrected chi connectivity index (χ4v) is 20.1. The third-order valence-corrected chi connectivity index (χ3v) is 26.5. The molecular formula is C91H102N2O26. The van der Waals surface area contributed by atoms with E-state index >= 15 is 4.79 Å². The van der Waals surface area contributed by atoms with E-state index in [4.69, 9.17) is 38.3 Å². The number of fused-ring (bicyclic) bond motifs is 10. The van der Waals surface area contributed by atoms with E-state index in [0.717, 1.165) is 0 Å². The third kappa shape index (κ3) is 15.3. The highest BCUT2D eigenvalue weighted by Gasteiger charge is 2.80. The zero-order chi connectivity index (χ0) is 86.6. The monoisotopic (exact) mass is 1640 g/mol. The Hall–Kier alpha value is -10.5. The molecule has 4 saturated carbocycles. The second-order valence-electron chi connectivity index (χ2n) is 33.8. The maximum absolute atomic E-state index is 15.2. The lowest BCUT2D eigenvalue weighted by atomic mass is 9.43. The van der Waals surface area contributed by atoms with Crippen LogP contribution < -0.4 is 10.6 Å². The number of carboxylic acid groups (broad SMARTS) is 1. The zero-order valence-electron chi connectivity index (χ0n) is 67.8. The van der Waals surface area contributed by atoms with Crippen LogP contribution in [0.25, 0.3) is 0 Å². The fourth-order valence-electron chi connectivity index (χ4n) is 20.1. The lowest BCUT2D eigenvalue weighted by Crippen LogP contribution is -2.81. The van der Waals surface area contributed by atoms with Gasteiger partial charge in [-0.2, -0.15) is 0 Å². The van der Waals surface area contributed by atoms with Crippen molar-refractivity contribution in [1.29, 1.82) is 0 Å². The van der Waals surface area contributed by atoms with Gasteiger partial charge in [0.15, 0.2) is 29.2 Å². The Morgan fingerprint density at radius 3 is 1.19 bits per heavy atom. The molecule has 28 nitrogen and oxygen atoms in total. The SMILES string of the molecule is CC(=O)O[C@@]12CO[C@@H]1C[C@H](O)[C@@]1(C)C(=O)[C@H](C)C3=C(C)[C@@H](OC(=O)[C@H](O)[C@@H](NC(=O)c4ccccc4)c4ccccc4)C[C@@](O)([C@@H](OC(=O)c4ccccc4)[C@H]21)C3(C)C.CC(=O)O[C@@]12CO[C@@H]1C[C@H](O)[C@@]1(C)C(=O)[C@H](O)C3=C(C)[C@@H](O)C[C@@](O)([C@@H](OC(=O)c4ccccc4)[C@H]21)C3(C)C.O=C(N[C@@H](c1ccccc1)[C@@H](O)C(=O)O)c1ccccc1. The predicted octanol–water partition coefficient (Wildman–Crippen LogP) is 7.13. The number of ketones is 2. The van der Waals surface area contributed by atoms with E-state index in [1.54, 1.807) is 213 Å². The van der Waals surface area contributed by atoms with Gasteiger partial charge in [0.2, 0.25) is 0 Å². The highest BCUT2D eigenvalue weighted by molar-refractivity contribution is 5.97. The van der Waals surface area contributed by atoms with E-state index in [1.807, 2.05) is 0 Å². The molecule has 6 fully saturated rings. The number of Topliss-reactive ketones (excluding diaryl/α,β-unsaturated/α-hetero) is 2. The quantitative estimate of drug-likeness (QED) is 0.0246. The molecule has 6 aromatic carbocycles. The molecule has 11 N–H and O–H groups in total. The molecule has 0 radical (unpaired) electrons. The topological polar surface area (TPSA) is 441 Å². The van der Waals surface area contributed by atoms with E-state index in [1.165, 1.54) is 45.0 Å². The van der Waals surface area contributed by atoms with Crippen molar-refractivity contribution >= 4 is 59.2 Å². The predicted molar refractivity (Wildman–Crippen MR) is 423 cm³/mol. The summed E-state index contributed by atoms with van der Waals surface area (Å²) < 4.78 is 42.2. The number of aliphatic hydroxyl groups is 8. The summed E-state index contributed by atoms with van der Waals surface area (Å²) in [5, 5.41) is 108. The molecule has 2 heterocycles. The zero-order valence-corrected chi connectivity index (χ0v) is 67.8. The molecule has 0 unspecified atom stereocenters. The molecule has 6 aromatic rings. The molecule has 22 atom stereocenters. The van der Waals surface area contributed by atoms with Gasteiger partial charge in [-0.25, -0.2) is 19.2 Å². The van der Waals surface area contributed by atoms with Gasteiger partial charge in [-0.05, 0) is 110 Å². The van der Waals surface area contributed by atoms with Gasteiger partial charge >= 0.3 is 35.8 Å². The molecule has 0 aromatic heterocycles. The molecule has 28 heteroatoms. The molecule has 6 aliphatic carbocycles. The summed E-state index contributed by atoms with van der Waals surface area (Å²) in [6.07, 6.45) is -16.6. The van der Waals surface area contributed by atoms with Gasteiger partial charge in [-0.15, -0.1) is 0 Å². The average molecular weight is 1640 g/mol. The first-order valence-electron chi connectivity index (χ1n) is 39.5. The maximum atomic E-state index is 15.2. The van der Waals surface area contributed by atoms with Crippen molar-refractivity contribution in [2.45, 2.75) is 203 Å². The Labute approximate surface area is 687 Å². The second kappa shape index (κ2) is 33.6. The van der Waals surface area contributed by atoms with Crippen molar-refractivity contribution < 1.29 is 127 Å². The van der Waals surface area contributed by atoms with Crippen LogP contribution in [0.2, 0.25) is 0 Å². The summed E-state index contributed by atoms with van der Waals surface area (Å²) in [6.45, 7) is 16.6. The fraction of sp³-hybridized carbons (Fsp3) is 0.451. The first kappa shape index (κ1) is 87.8. The summed E-state index contributed by atoms with van der Waals surface area (Å²) in [6, 6.07) is 47.5. The van der Waals surface area contributed by atoms with Gasteiger partial charge in [0.1, 0.15) is 53.6 Å². The largest absolute Gasteiger partial charge is 0.479 e. The first-order valence-corrected chi connectivity index (χ1v) is 39.5. The lowest BCUT2D eigenvalue weighted by Gasteiger charge is -2.67. The van der Waals surface area contributed by atoms with Crippen LogP contribution in [-0.2, 0) is 61.9 Å². The van der Waals surface area contributed by atoms with Gasteiger partial charge in [0.05, 0.1) is 77.4 Å². The van der Waals surface area contributed by atoms with Crippen molar-refractivity contribution in [3.05, 3.63) is 238 Å². The van der Waals surface area contributed by atoms with Crippen LogP contribution in [0.3, 0.4) is 0 Å². The number of ether oxygens (including phenoxy) is 7. The van der Waals surface area contributed by atoms with Gasteiger partial charge in [-0.1, -0.05) is 168 Å². The number of rotatable bonds is 17. The smallest absolute Gasteiger partial charge is 0.338 e. The number of carbonyl (C=O) groups is 10. The number of nitrogens with one attached hydrogen (secondary N) is 2. The van der Waals surface area contributed by atoms with Crippen LogP contribution in [0, 0.1) is 39.4 Å². The number of benzene rings is 6. The summed E-state index contributed by atoms with van der Waals surface area (Å²) in [7, 11) is 0. The van der Waals surface area contributed by atoms with E-state index < -0.39 is 207 Å². The number of amides is 2. The number of esters is 5. The van der Waals surface area contributed by atoms with Gasteiger partial charge in [0, 0.05) is 67.4 Å². The molecule has 4 bridgehead atoms. The number of carbonyl (C=O) groups excluding carboxylic acids is 9. The third-order valence-electron chi connectivity index (χ3n) is 26.5. The summed E-state index contributed by atoms with van der Waals surface area (Å²) in [5.41, 5.74) is -10.6. The number of aliphatic carboxylic acids is 1. The standard InChI is InChI=1S/C46H51NO12.C29H36O10.C16H15NO4/c1-25-31(57-42(54)36(50)35(28-16-10-7-11-17-28)47-40(52)29-18-12-8-13-19-29)23-46(55)39(58-41(53)30-20-14-9-15-21-30)37-44(6,38(51)26(2)34(25)43(46,4)5)32(49)22-33-45(37,24-56-33)59-27(3)48;1-14-17(31)12-29(36)24(38-25(35)16-9-7-6-8-10-16)22-27(5,23(34)21(33)20(14)26(29,3)4)18(32)11-19-28(22,13-37-19)39-15(2)30;18-14(16(20)21)13(11-7-3-1-4-8-11)17-15(19)12-9-5-2-6-10-12/h7-21,26,31-33,35-37,39,49-50,55H,22-24H2,1-6H3,(H,47,52);6-10,17-19,21-22,24,31-33,36H,11-13H2,1-5H3;1-10,13-14,18H,(H,17,19)(H,20,21)/t26-,31+,32+,33-,35+,36-,37+,39+,44-,45+,46-;17-,18-,19+,21+,22-,24-,27+,28-,29+;13-,14+/m100/s1. The Balaban J connectivity index is 0.000000185. The van der Waals surface area contributed by atoms with Crippen molar-refractivity contribution in [3.8, 4) is 0 Å². The van der Waals surface area contributed by atoms with Crippen LogP contribution in [0.1, 0.15) is 166 Å². The van der Waals surface area contributed by atoms with Crippen molar-refractivity contribution in [3.63, 3.8) is 0 Å². The Kier molecular flexibility index (Phi) is 24.8. The van der Waals surface area contributed by atoms with E-state index in [-0.39, 0.29) is 49.2 Å². The van der Waals surface area contributed by atoms with E-state index in [2.05, 4.69) is 10.6 Å². The van der Waals surface area contributed by atoms with Crippen LogP contribution >= 0.6 is 0 Å². The molecule has 2 amide bonds. The maximum Gasteiger partial charge on any atom is 0.338 e. The first-order chi connectivity index (χ1) is 56.1. The molecule has 2 saturated heterocycles. The number of hydrogen-bond donors (Lipinski definition) is 11. The highest BCUT2D eigenvalue weighted by atomic mass is 16.6. The molecule has 14 rings (SSSR count). The Morgan fingerprint density at radius 1 is 0.471 bits per heavy atom. The number of hydrogen-bond acceptors (Lipinski definition) is 25. The molecule has 632 valence electrons. The van der Waals surface area contributed by atoms with Crippen molar-refractivity contribution in [2.24, 2.45) is 39.4 Å². The highest BCUT2D eigenvalue weighted by Crippen LogP contribution is 2.67. The van der Waals surface area contributed by atoms with Crippen LogP contribution in [0.5, 0.6) is 0 Å². The van der Waals surface area contributed by atoms with Crippen molar-refractivity contribution in [2.75, 3.05) is 13.2 Å². The second-order valence-corrected chi connectivity index (χ2v) is 33.8. The summed E-state index contributed by atoms with van der Waals surface area (Å²) in [4.78, 5) is 133. The van der Waals surface area contributed by atoms with Crippen LogP contribution in [0.15, 0.2) is 204 Å². The Morgan fingerprint density at radius 2 is 0.824 bits per heavy atom. The normalized spacial score (nSPS) is 32.7. The number of aliphatic hydroxyl groups excluding tert-OH is 6. The molecule has 2 aliphatic heterocycles. The molecule has 0 spiro atoms. The minimum absolute atomic E-state index is 0.0700. The van der Waals surface area contributed by atoms with Gasteiger partial charge < -0.3 is 89.8 Å². The average Bonchev–Trinajstić information content (AvgIpc) is 0.673. The Bertz CT molecular complexity index is 4910. The van der Waals surface area contributed by atoms with E-state index in [9.17, 15) is 84.0 Å². The molecular weight excluding hydrogens is 1540 g/mol.